The van der Waals surface area contributed by atoms with E-state index in [0.29, 0.717) is 16.8 Å². The second kappa shape index (κ2) is 10.3. The van der Waals surface area contributed by atoms with Crippen LogP contribution in [0.25, 0.3) is 0 Å². The molecule has 7 nitrogen and oxygen atoms in total. The Morgan fingerprint density at radius 3 is 2.23 bits per heavy atom. The van der Waals surface area contributed by atoms with Gasteiger partial charge < -0.3 is 15.0 Å². The van der Waals surface area contributed by atoms with Crippen molar-refractivity contribution in [3.05, 3.63) is 64.7 Å². The number of anilines is 1. The number of hydrogen-bond donors (Lipinski definition) is 1. The molecule has 0 aliphatic carbocycles. The fourth-order valence-electron chi connectivity index (χ4n) is 2.76. The molecule has 30 heavy (non-hydrogen) atoms. The minimum Gasteiger partial charge on any atom is -0.456 e. The molecule has 0 bridgehead atoms. The molecule has 0 heterocycles. The van der Waals surface area contributed by atoms with E-state index in [1.54, 1.807) is 44.4 Å². The molecule has 2 rings (SSSR count). The summed E-state index contributed by atoms with van der Waals surface area (Å²) in [4.78, 5) is 49.4. The molecule has 0 atom stereocenters. The highest BCUT2D eigenvalue weighted by molar-refractivity contribution is 5.99. The third kappa shape index (κ3) is 6.55. The average Bonchev–Trinajstić information content (AvgIpc) is 2.72. The lowest BCUT2D eigenvalue weighted by Crippen LogP contribution is -2.22. The number of Topliss-reactive ketones (excluding diaryl/α,β-unsaturated/α-hetero) is 1. The van der Waals surface area contributed by atoms with Crippen LogP contribution in [-0.2, 0) is 14.3 Å². The smallest absolute Gasteiger partial charge is 0.306 e. The third-order valence-electron chi connectivity index (χ3n) is 4.44. The quantitative estimate of drug-likeness (QED) is 0.533. The van der Waals surface area contributed by atoms with Crippen molar-refractivity contribution in [2.45, 2.75) is 26.7 Å². The van der Waals surface area contributed by atoms with Crippen molar-refractivity contribution in [3.63, 3.8) is 0 Å². The summed E-state index contributed by atoms with van der Waals surface area (Å²) in [5.41, 5.74) is 3.41. The molecule has 0 aliphatic heterocycles. The minimum absolute atomic E-state index is 0.0200. The summed E-state index contributed by atoms with van der Waals surface area (Å²) in [5.74, 6) is -1.39. The lowest BCUT2D eigenvalue weighted by Gasteiger charge is -2.11. The number of carbonyl (C=O) groups excluding carboxylic acids is 4. The van der Waals surface area contributed by atoms with E-state index in [4.69, 9.17) is 4.74 Å². The Hall–Kier alpha value is -3.48. The van der Waals surface area contributed by atoms with E-state index in [1.165, 1.54) is 4.90 Å². The highest BCUT2D eigenvalue weighted by atomic mass is 16.5. The van der Waals surface area contributed by atoms with Crippen molar-refractivity contribution in [3.8, 4) is 0 Å². The fourth-order valence-corrected chi connectivity index (χ4v) is 2.76. The van der Waals surface area contributed by atoms with Gasteiger partial charge in [-0.25, -0.2) is 0 Å². The first-order valence-electron chi connectivity index (χ1n) is 9.55. The van der Waals surface area contributed by atoms with Gasteiger partial charge in [0.25, 0.3) is 11.8 Å². The van der Waals surface area contributed by atoms with E-state index in [-0.39, 0.29) is 24.5 Å². The van der Waals surface area contributed by atoms with Crippen molar-refractivity contribution in [1.29, 1.82) is 0 Å². The van der Waals surface area contributed by atoms with Crippen molar-refractivity contribution in [2.24, 2.45) is 0 Å². The monoisotopic (exact) mass is 410 g/mol. The molecule has 1 N–H and O–H groups in total. The van der Waals surface area contributed by atoms with Crippen molar-refractivity contribution in [2.75, 3.05) is 26.0 Å². The van der Waals surface area contributed by atoms with Crippen LogP contribution in [0.15, 0.2) is 42.5 Å². The second-order valence-electron chi connectivity index (χ2n) is 7.23. The number of nitrogens with zero attached hydrogens (tertiary/aromatic N) is 1. The number of nitrogens with one attached hydrogen (secondary N) is 1. The van der Waals surface area contributed by atoms with Crippen LogP contribution in [0.1, 0.15) is 44.7 Å². The van der Waals surface area contributed by atoms with E-state index < -0.39 is 18.5 Å². The van der Waals surface area contributed by atoms with Gasteiger partial charge in [-0.3, -0.25) is 19.2 Å². The van der Waals surface area contributed by atoms with Crippen LogP contribution in [0.5, 0.6) is 0 Å². The maximum atomic E-state index is 12.3. The van der Waals surface area contributed by atoms with Crippen LogP contribution in [0.4, 0.5) is 5.69 Å². The number of hydrogen-bond acceptors (Lipinski definition) is 5. The molecule has 0 fully saturated rings. The number of ether oxygens (including phenoxy) is 1. The first-order valence-corrected chi connectivity index (χ1v) is 9.55. The van der Waals surface area contributed by atoms with Crippen LogP contribution in [-0.4, -0.2) is 49.2 Å². The van der Waals surface area contributed by atoms with E-state index in [2.05, 4.69) is 5.32 Å². The summed E-state index contributed by atoms with van der Waals surface area (Å²) in [6.07, 6.45) is -0.0764. The number of esters is 1. The van der Waals surface area contributed by atoms with Gasteiger partial charge in [0.2, 0.25) is 0 Å². The van der Waals surface area contributed by atoms with E-state index in [9.17, 15) is 19.2 Å². The Labute approximate surface area is 176 Å². The standard InChI is InChI=1S/C23H26N2O5/c1-15-5-6-16(2)19(13-15)20(26)11-12-22(28)30-14-21(27)24-18-9-7-17(8-10-18)23(29)25(3)4/h5-10,13H,11-12,14H2,1-4H3,(H,24,27). The Morgan fingerprint density at radius 2 is 1.60 bits per heavy atom. The van der Waals surface area contributed by atoms with Gasteiger partial charge in [-0.15, -0.1) is 0 Å². The lowest BCUT2D eigenvalue weighted by molar-refractivity contribution is -0.147. The van der Waals surface area contributed by atoms with Crippen molar-refractivity contribution in [1.82, 2.24) is 4.90 Å². The summed E-state index contributed by atoms with van der Waals surface area (Å²) in [6, 6.07) is 12.0. The molecule has 0 unspecified atom stereocenters. The van der Waals surface area contributed by atoms with Gasteiger partial charge in [0.05, 0.1) is 6.42 Å². The van der Waals surface area contributed by atoms with Crippen LogP contribution in [0.2, 0.25) is 0 Å². The van der Waals surface area contributed by atoms with Gasteiger partial charge in [0, 0.05) is 37.3 Å². The summed E-state index contributed by atoms with van der Waals surface area (Å²) in [6.45, 7) is 3.30. The summed E-state index contributed by atoms with van der Waals surface area (Å²) >= 11 is 0. The Bertz CT molecular complexity index is 949. The Balaban J connectivity index is 1.78. The van der Waals surface area contributed by atoms with Gasteiger partial charge in [-0.2, -0.15) is 0 Å². The first-order chi connectivity index (χ1) is 14.2. The number of ketones is 1. The molecule has 0 saturated carbocycles. The van der Waals surface area contributed by atoms with Crippen molar-refractivity contribution >= 4 is 29.3 Å². The van der Waals surface area contributed by atoms with Crippen LogP contribution < -0.4 is 5.32 Å². The van der Waals surface area contributed by atoms with Crippen LogP contribution in [0.3, 0.4) is 0 Å². The molecule has 2 aromatic rings. The summed E-state index contributed by atoms with van der Waals surface area (Å²) in [5, 5.41) is 2.59. The predicted molar refractivity (Wildman–Crippen MR) is 114 cm³/mol. The number of carbonyl (C=O) groups is 4. The topological polar surface area (TPSA) is 92.8 Å². The molecule has 0 radical (unpaired) electrons. The minimum atomic E-state index is -0.615. The summed E-state index contributed by atoms with van der Waals surface area (Å²) < 4.78 is 4.95. The van der Waals surface area contributed by atoms with Gasteiger partial charge in [0.1, 0.15) is 0 Å². The Kier molecular flexibility index (Phi) is 7.86. The van der Waals surface area contributed by atoms with Gasteiger partial charge in [-0.1, -0.05) is 17.7 Å². The van der Waals surface area contributed by atoms with Crippen LogP contribution in [0, 0.1) is 13.8 Å². The van der Waals surface area contributed by atoms with Crippen LogP contribution >= 0.6 is 0 Å². The number of aryl methyl sites for hydroxylation is 2. The van der Waals surface area contributed by atoms with E-state index in [0.717, 1.165) is 11.1 Å². The maximum Gasteiger partial charge on any atom is 0.306 e. The zero-order valence-corrected chi connectivity index (χ0v) is 17.7. The molecule has 0 aliphatic rings. The lowest BCUT2D eigenvalue weighted by atomic mass is 9.99. The van der Waals surface area contributed by atoms with Gasteiger partial charge >= 0.3 is 5.97 Å². The SMILES string of the molecule is Cc1ccc(C)c(C(=O)CCC(=O)OCC(=O)Nc2ccc(C(=O)N(C)C)cc2)c1. The molecule has 158 valence electrons. The maximum absolute atomic E-state index is 12.3. The average molecular weight is 410 g/mol. The Morgan fingerprint density at radius 1 is 0.933 bits per heavy atom. The van der Waals surface area contributed by atoms with Gasteiger partial charge in [-0.05, 0) is 49.7 Å². The highest BCUT2D eigenvalue weighted by Crippen LogP contribution is 2.14. The molecule has 2 aromatic carbocycles. The third-order valence-corrected chi connectivity index (χ3v) is 4.44. The molecule has 0 saturated heterocycles. The molecular formula is C23H26N2O5. The van der Waals surface area contributed by atoms with Crippen molar-refractivity contribution < 1.29 is 23.9 Å². The number of rotatable bonds is 8. The largest absolute Gasteiger partial charge is 0.456 e. The predicted octanol–water partition coefficient (Wildman–Crippen LogP) is 3.15. The molecular weight excluding hydrogens is 384 g/mol. The molecule has 0 aromatic heterocycles. The van der Waals surface area contributed by atoms with E-state index >= 15 is 0 Å². The van der Waals surface area contributed by atoms with E-state index in [1.807, 2.05) is 26.0 Å². The highest BCUT2D eigenvalue weighted by Gasteiger charge is 2.14. The molecule has 7 heteroatoms. The summed E-state index contributed by atoms with van der Waals surface area (Å²) in [7, 11) is 3.31. The number of benzene rings is 2. The zero-order chi connectivity index (χ0) is 22.3. The van der Waals surface area contributed by atoms with Gasteiger partial charge in [0.15, 0.2) is 12.4 Å². The zero-order valence-electron chi connectivity index (χ0n) is 17.7. The molecule has 0 spiro atoms. The normalized spacial score (nSPS) is 10.3. The number of amides is 2. The fraction of sp³-hybridized carbons (Fsp3) is 0.304. The second-order valence-corrected chi connectivity index (χ2v) is 7.23. The molecule has 2 amide bonds. The first kappa shape index (κ1) is 22.8.